The Labute approximate surface area is 221 Å². The first-order valence-electron chi connectivity index (χ1n) is 12.3. The molecule has 9 heteroatoms. The van der Waals surface area contributed by atoms with Crippen LogP contribution in [0, 0.1) is 5.82 Å². The summed E-state index contributed by atoms with van der Waals surface area (Å²) in [5.41, 5.74) is 8.47. The summed E-state index contributed by atoms with van der Waals surface area (Å²) in [6.07, 6.45) is 0.185. The second-order valence-corrected chi connectivity index (χ2v) is 9.82. The van der Waals surface area contributed by atoms with Crippen molar-refractivity contribution in [1.29, 1.82) is 0 Å². The highest BCUT2D eigenvalue weighted by atomic mass is 19.1. The van der Waals surface area contributed by atoms with Gasteiger partial charge in [-0.1, -0.05) is 42.5 Å². The molecule has 8 nitrogen and oxygen atoms in total. The van der Waals surface area contributed by atoms with Crippen LogP contribution in [0.3, 0.4) is 0 Å². The van der Waals surface area contributed by atoms with Crippen LogP contribution in [0.2, 0.25) is 0 Å². The molecule has 0 saturated heterocycles. The zero-order chi connectivity index (χ0) is 27.4. The van der Waals surface area contributed by atoms with Gasteiger partial charge in [-0.2, -0.15) is 0 Å². The van der Waals surface area contributed by atoms with Crippen molar-refractivity contribution in [3.8, 4) is 16.9 Å². The normalized spacial score (nSPS) is 15.3. The molecule has 1 heterocycles. The van der Waals surface area contributed by atoms with Crippen LogP contribution in [0.4, 0.5) is 14.9 Å². The van der Waals surface area contributed by atoms with Crippen LogP contribution in [-0.2, 0) is 22.6 Å². The smallest absolute Gasteiger partial charge is 0.410 e. The predicted molar refractivity (Wildman–Crippen MR) is 143 cm³/mol. The van der Waals surface area contributed by atoms with E-state index in [4.69, 9.17) is 10.5 Å². The van der Waals surface area contributed by atoms with Crippen molar-refractivity contribution in [2.24, 2.45) is 5.73 Å². The number of fused-ring (bicyclic) bond motifs is 1. The monoisotopic (exact) mass is 518 g/mol. The summed E-state index contributed by atoms with van der Waals surface area (Å²) in [7, 11) is 1.49. The Hall–Kier alpha value is -4.24. The molecule has 1 atom stereocenters. The summed E-state index contributed by atoms with van der Waals surface area (Å²) in [6, 6.07) is 18.3. The first kappa shape index (κ1) is 26.8. The van der Waals surface area contributed by atoms with Gasteiger partial charge < -0.3 is 26.0 Å². The molecule has 0 fully saturated rings. The topological polar surface area (TPSA) is 114 Å². The average molecular weight is 519 g/mol. The fraction of sp³-hybridized carbons (Fsp3) is 0.276. The quantitative estimate of drug-likeness (QED) is 0.458. The lowest BCUT2D eigenvalue weighted by molar-refractivity contribution is -0.130. The molecular formula is C29H31FN4O4. The van der Waals surface area contributed by atoms with Gasteiger partial charge in [-0.05, 0) is 67.6 Å². The zero-order valence-corrected chi connectivity index (χ0v) is 21.6. The fourth-order valence-corrected chi connectivity index (χ4v) is 4.31. The highest BCUT2D eigenvalue weighted by molar-refractivity contribution is 6.01. The van der Waals surface area contributed by atoms with E-state index in [1.807, 2.05) is 36.4 Å². The van der Waals surface area contributed by atoms with E-state index in [0.29, 0.717) is 29.8 Å². The van der Waals surface area contributed by atoms with Gasteiger partial charge in [0.05, 0.1) is 12.1 Å². The molecule has 3 aromatic rings. The molecule has 0 radical (unpaired) electrons. The largest absolute Gasteiger partial charge is 0.412 e. The van der Waals surface area contributed by atoms with E-state index in [1.165, 1.54) is 19.2 Å². The number of nitrogens with zero attached hydrogens (tertiary/aromatic N) is 1. The molecule has 4 rings (SSSR count). The summed E-state index contributed by atoms with van der Waals surface area (Å²) < 4.78 is 19.4. The maximum Gasteiger partial charge on any atom is 0.412 e. The number of nitrogens with one attached hydrogen (secondary N) is 2. The third-order valence-electron chi connectivity index (χ3n) is 6.39. The van der Waals surface area contributed by atoms with Gasteiger partial charge in [0.2, 0.25) is 11.8 Å². The second-order valence-electron chi connectivity index (χ2n) is 9.82. The van der Waals surface area contributed by atoms with Gasteiger partial charge in [0.15, 0.2) is 0 Å². The van der Waals surface area contributed by atoms with Crippen molar-refractivity contribution in [3.05, 3.63) is 83.7 Å². The molecule has 0 spiro atoms. The number of hydrogen-bond donors (Lipinski definition) is 3. The summed E-state index contributed by atoms with van der Waals surface area (Å²) in [5, 5.41) is 5.21. The van der Waals surface area contributed by atoms with Gasteiger partial charge in [-0.15, -0.1) is 0 Å². The minimum atomic E-state index is -1.15. The summed E-state index contributed by atoms with van der Waals surface area (Å²) >= 11 is 0. The maximum atomic E-state index is 14.1. The zero-order valence-electron chi connectivity index (χ0n) is 21.6. The van der Waals surface area contributed by atoms with Crippen LogP contribution < -0.4 is 26.0 Å². The Morgan fingerprint density at radius 2 is 1.82 bits per heavy atom. The number of aryl methyl sites for hydroxylation is 1. The lowest BCUT2D eigenvalue weighted by Gasteiger charge is -2.28. The molecule has 0 saturated carbocycles. The minimum absolute atomic E-state index is 0.215. The molecule has 1 aliphatic heterocycles. The number of amides is 3. The molecule has 0 aromatic heterocycles. The molecular weight excluding hydrogens is 487 g/mol. The summed E-state index contributed by atoms with van der Waals surface area (Å²) in [6.45, 7) is 3.36. The van der Waals surface area contributed by atoms with Crippen molar-refractivity contribution in [1.82, 2.24) is 10.6 Å². The highest BCUT2D eigenvalue weighted by Crippen LogP contribution is 2.32. The first-order chi connectivity index (χ1) is 18.1. The Bertz CT molecular complexity index is 1350. The van der Waals surface area contributed by atoms with Gasteiger partial charge in [0.1, 0.15) is 17.6 Å². The number of carbonyl (C=O) groups is 3. The van der Waals surface area contributed by atoms with Gasteiger partial charge in [-0.3, -0.25) is 9.59 Å². The number of nitrogens with two attached hydrogens (primary N) is 1. The number of benzene rings is 3. The van der Waals surface area contributed by atoms with Gasteiger partial charge in [0, 0.05) is 18.3 Å². The molecule has 1 aliphatic rings. The number of halogens is 1. The molecule has 0 bridgehead atoms. The Morgan fingerprint density at radius 3 is 2.50 bits per heavy atom. The van der Waals surface area contributed by atoms with Crippen LogP contribution in [0.5, 0.6) is 5.75 Å². The number of rotatable bonds is 6. The SMILES string of the molecule is CNC(=O)Oc1ccccc1-c1ccc(CN2C(=O)[C@H](NC(=O)C(C)(C)N)CCc3cc(F)ccc32)cc1. The number of carbonyl (C=O) groups excluding carboxylic acids is 3. The fourth-order valence-electron chi connectivity index (χ4n) is 4.31. The van der Waals surface area contributed by atoms with Crippen LogP contribution >= 0.6 is 0 Å². The van der Waals surface area contributed by atoms with Crippen molar-refractivity contribution < 1.29 is 23.5 Å². The molecule has 38 heavy (non-hydrogen) atoms. The lowest BCUT2D eigenvalue weighted by Crippen LogP contribution is -2.56. The van der Waals surface area contributed by atoms with E-state index >= 15 is 0 Å². The lowest BCUT2D eigenvalue weighted by atomic mass is 10.0. The Kier molecular flexibility index (Phi) is 7.78. The van der Waals surface area contributed by atoms with Gasteiger partial charge in [0.25, 0.3) is 0 Å². The number of ether oxygens (including phenoxy) is 1. The maximum absolute atomic E-state index is 14.1. The van der Waals surface area contributed by atoms with Crippen molar-refractivity contribution in [2.75, 3.05) is 11.9 Å². The first-order valence-corrected chi connectivity index (χ1v) is 12.3. The third-order valence-corrected chi connectivity index (χ3v) is 6.39. The second kappa shape index (κ2) is 11.0. The van der Waals surface area contributed by atoms with E-state index in [-0.39, 0.29) is 18.3 Å². The van der Waals surface area contributed by atoms with Crippen LogP contribution in [0.25, 0.3) is 11.1 Å². The van der Waals surface area contributed by atoms with E-state index in [1.54, 1.807) is 36.9 Å². The van der Waals surface area contributed by atoms with Gasteiger partial charge >= 0.3 is 6.09 Å². The van der Waals surface area contributed by atoms with Crippen LogP contribution in [0.1, 0.15) is 31.4 Å². The summed E-state index contributed by atoms with van der Waals surface area (Å²) in [4.78, 5) is 39.5. The molecule has 0 aliphatic carbocycles. The highest BCUT2D eigenvalue weighted by Gasteiger charge is 2.34. The van der Waals surface area contributed by atoms with Crippen LogP contribution in [-0.4, -0.2) is 36.5 Å². The summed E-state index contributed by atoms with van der Waals surface area (Å²) in [5.74, 6) is -0.695. The van der Waals surface area contributed by atoms with Gasteiger partial charge in [-0.25, -0.2) is 9.18 Å². The number of hydrogen-bond acceptors (Lipinski definition) is 5. The van der Waals surface area contributed by atoms with E-state index in [0.717, 1.165) is 16.7 Å². The predicted octanol–water partition coefficient (Wildman–Crippen LogP) is 3.91. The molecule has 4 N–H and O–H groups in total. The Balaban J connectivity index is 1.62. The minimum Gasteiger partial charge on any atom is -0.410 e. The van der Waals surface area contributed by atoms with Crippen molar-refractivity contribution in [3.63, 3.8) is 0 Å². The van der Waals surface area contributed by atoms with E-state index in [9.17, 15) is 18.8 Å². The van der Waals surface area contributed by atoms with Crippen LogP contribution in [0.15, 0.2) is 66.7 Å². The van der Waals surface area contributed by atoms with E-state index < -0.39 is 23.6 Å². The molecule has 0 unspecified atom stereocenters. The molecule has 198 valence electrons. The Morgan fingerprint density at radius 1 is 1.11 bits per heavy atom. The average Bonchev–Trinajstić information content (AvgIpc) is 3.01. The molecule has 3 amide bonds. The molecule has 3 aromatic carbocycles. The number of para-hydroxylation sites is 1. The van der Waals surface area contributed by atoms with Crippen molar-refractivity contribution >= 4 is 23.6 Å². The standard InChI is InChI=1S/C29H31FN4O4/c1-29(2,31)27(36)33-23-14-12-20-16-21(30)13-15-24(20)34(26(23)35)17-18-8-10-19(11-9-18)22-6-4-5-7-25(22)38-28(37)32-3/h4-11,13,15-16,23H,12,14,17,31H2,1-3H3,(H,32,37)(H,33,36)/t23-/m1/s1. The third kappa shape index (κ3) is 6.00. The van der Waals surface area contributed by atoms with Crippen molar-refractivity contribution in [2.45, 2.75) is 44.8 Å². The number of anilines is 1. The van der Waals surface area contributed by atoms with E-state index in [2.05, 4.69) is 10.6 Å².